The monoisotopic (exact) mass is 354 g/mol. The second-order valence-corrected chi connectivity index (χ2v) is 6.27. The Labute approximate surface area is 152 Å². The molecule has 3 rings (SSSR count). The Hall–Kier alpha value is -2.93. The second-order valence-electron chi connectivity index (χ2n) is 6.27. The molecule has 1 amide bonds. The van der Waals surface area contributed by atoms with Crippen molar-refractivity contribution in [3.8, 4) is 0 Å². The molecular formula is C19H22N4O3. The lowest BCUT2D eigenvalue weighted by atomic mass is 10.2. The Morgan fingerprint density at radius 1 is 1.04 bits per heavy atom. The number of nitrogens with zero attached hydrogens (tertiary/aromatic N) is 3. The molecule has 1 heterocycles. The van der Waals surface area contributed by atoms with Crippen LogP contribution in [0.5, 0.6) is 0 Å². The van der Waals surface area contributed by atoms with Gasteiger partial charge in [0.05, 0.1) is 4.92 Å². The van der Waals surface area contributed by atoms with Crippen molar-refractivity contribution in [2.75, 3.05) is 42.9 Å². The molecule has 0 aliphatic carbocycles. The van der Waals surface area contributed by atoms with Crippen molar-refractivity contribution in [3.63, 3.8) is 0 Å². The predicted molar refractivity (Wildman–Crippen MR) is 101 cm³/mol. The summed E-state index contributed by atoms with van der Waals surface area (Å²) in [6, 6.07) is 16.2. The number of benzene rings is 2. The van der Waals surface area contributed by atoms with E-state index in [9.17, 15) is 14.9 Å². The number of carbonyl (C=O) groups is 1. The number of nitro benzene ring substituents is 1. The summed E-state index contributed by atoms with van der Waals surface area (Å²) in [4.78, 5) is 27.0. The molecule has 1 aliphatic rings. The summed E-state index contributed by atoms with van der Waals surface area (Å²) in [5, 5.41) is 13.8. The highest BCUT2D eigenvalue weighted by atomic mass is 16.6. The largest absolute Gasteiger partial charge is 0.369 e. The lowest BCUT2D eigenvalue weighted by Crippen LogP contribution is -2.47. The number of anilines is 2. The number of hydrogen-bond acceptors (Lipinski definition) is 5. The SMILES string of the molecule is O=C(CCN1CCN(c2cccc([N+](=O)[O-])c2)CC1)Nc1ccccc1. The molecule has 1 saturated heterocycles. The van der Waals surface area contributed by atoms with Crippen LogP contribution >= 0.6 is 0 Å². The standard InChI is InChI=1S/C19H22N4O3/c24-19(20-16-5-2-1-3-6-16)9-10-21-11-13-22(14-12-21)17-7-4-8-18(15-17)23(25)26/h1-8,15H,9-14H2,(H,20,24). The molecular weight excluding hydrogens is 332 g/mol. The summed E-state index contributed by atoms with van der Waals surface area (Å²) in [5.41, 5.74) is 1.80. The molecule has 0 aromatic heterocycles. The van der Waals surface area contributed by atoms with Crippen molar-refractivity contribution < 1.29 is 9.72 Å². The minimum atomic E-state index is -0.370. The summed E-state index contributed by atoms with van der Waals surface area (Å²) in [7, 11) is 0. The van der Waals surface area contributed by atoms with Crippen molar-refractivity contribution in [3.05, 3.63) is 64.7 Å². The van der Waals surface area contributed by atoms with E-state index in [0.29, 0.717) is 13.0 Å². The summed E-state index contributed by atoms with van der Waals surface area (Å²) in [5.74, 6) is 0.0114. The molecule has 1 aliphatic heterocycles. The zero-order chi connectivity index (χ0) is 18.4. The summed E-state index contributed by atoms with van der Waals surface area (Å²) >= 11 is 0. The van der Waals surface area contributed by atoms with Gasteiger partial charge in [-0.2, -0.15) is 0 Å². The van der Waals surface area contributed by atoms with Crippen LogP contribution in [0.15, 0.2) is 54.6 Å². The van der Waals surface area contributed by atoms with Crippen LogP contribution < -0.4 is 10.2 Å². The molecule has 0 saturated carbocycles. The number of nitro groups is 1. The molecule has 26 heavy (non-hydrogen) atoms. The molecule has 0 bridgehead atoms. The molecule has 7 nitrogen and oxygen atoms in total. The fourth-order valence-corrected chi connectivity index (χ4v) is 3.04. The first-order valence-corrected chi connectivity index (χ1v) is 8.68. The van der Waals surface area contributed by atoms with Crippen molar-refractivity contribution in [1.82, 2.24) is 4.90 Å². The first kappa shape index (κ1) is 17.9. The Bertz CT molecular complexity index is 758. The van der Waals surface area contributed by atoms with Crippen molar-refractivity contribution in [2.24, 2.45) is 0 Å². The number of nitrogens with one attached hydrogen (secondary N) is 1. The molecule has 2 aromatic carbocycles. The minimum Gasteiger partial charge on any atom is -0.369 e. The van der Waals surface area contributed by atoms with E-state index in [-0.39, 0.29) is 16.5 Å². The highest BCUT2D eigenvalue weighted by Gasteiger charge is 2.19. The van der Waals surface area contributed by atoms with Gasteiger partial charge < -0.3 is 10.2 Å². The Morgan fingerprint density at radius 2 is 1.77 bits per heavy atom. The Morgan fingerprint density at radius 3 is 2.46 bits per heavy atom. The van der Waals surface area contributed by atoms with E-state index >= 15 is 0 Å². The lowest BCUT2D eigenvalue weighted by Gasteiger charge is -2.35. The topological polar surface area (TPSA) is 78.7 Å². The zero-order valence-corrected chi connectivity index (χ0v) is 14.5. The van der Waals surface area contributed by atoms with Crippen LogP contribution in [0.25, 0.3) is 0 Å². The van der Waals surface area contributed by atoms with Gasteiger partial charge in [-0.1, -0.05) is 24.3 Å². The van der Waals surface area contributed by atoms with E-state index in [1.165, 1.54) is 6.07 Å². The second kappa shape index (κ2) is 8.44. The smallest absolute Gasteiger partial charge is 0.271 e. The van der Waals surface area contributed by atoms with Gasteiger partial charge in [0.2, 0.25) is 5.91 Å². The van der Waals surface area contributed by atoms with E-state index < -0.39 is 0 Å². The quantitative estimate of drug-likeness (QED) is 0.637. The van der Waals surface area contributed by atoms with Gasteiger partial charge in [-0.25, -0.2) is 0 Å². The van der Waals surface area contributed by atoms with Gasteiger partial charge in [0, 0.05) is 62.7 Å². The number of hydrogen-bond donors (Lipinski definition) is 1. The molecule has 0 spiro atoms. The maximum Gasteiger partial charge on any atom is 0.271 e. The van der Waals surface area contributed by atoms with Gasteiger partial charge in [0.1, 0.15) is 0 Å². The van der Waals surface area contributed by atoms with Crippen molar-refractivity contribution >= 4 is 23.0 Å². The fraction of sp³-hybridized carbons (Fsp3) is 0.316. The van der Waals surface area contributed by atoms with Crippen molar-refractivity contribution in [1.29, 1.82) is 0 Å². The third-order valence-corrected chi connectivity index (χ3v) is 4.49. The highest BCUT2D eigenvalue weighted by Crippen LogP contribution is 2.22. The molecule has 7 heteroatoms. The molecule has 0 unspecified atom stereocenters. The van der Waals surface area contributed by atoms with Crippen LogP contribution in [0.4, 0.5) is 17.1 Å². The van der Waals surface area contributed by atoms with Gasteiger partial charge in [0.25, 0.3) is 5.69 Å². The Kier molecular flexibility index (Phi) is 5.80. The number of piperazine rings is 1. The summed E-state index contributed by atoms with van der Waals surface area (Å²) in [6.07, 6.45) is 0.450. The number of para-hydroxylation sites is 1. The van der Waals surface area contributed by atoms with Crippen LogP contribution in [-0.2, 0) is 4.79 Å². The van der Waals surface area contributed by atoms with E-state index in [1.54, 1.807) is 12.1 Å². The van der Waals surface area contributed by atoms with Gasteiger partial charge in [-0.3, -0.25) is 19.8 Å². The first-order chi connectivity index (χ1) is 12.6. The number of rotatable bonds is 6. The number of carbonyl (C=O) groups excluding carboxylic acids is 1. The average molecular weight is 354 g/mol. The Balaban J connectivity index is 1.44. The van der Waals surface area contributed by atoms with Crippen LogP contribution in [0, 0.1) is 10.1 Å². The fourth-order valence-electron chi connectivity index (χ4n) is 3.04. The molecule has 136 valence electrons. The van der Waals surface area contributed by atoms with E-state index in [1.807, 2.05) is 36.4 Å². The van der Waals surface area contributed by atoms with Gasteiger partial charge in [-0.15, -0.1) is 0 Å². The predicted octanol–water partition coefficient (Wildman–Crippen LogP) is 2.75. The van der Waals surface area contributed by atoms with Crippen LogP contribution in [0.2, 0.25) is 0 Å². The minimum absolute atomic E-state index is 0.0114. The van der Waals surface area contributed by atoms with E-state index in [4.69, 9.17) is 0 Å². The third-order valence-electron chi connectivity index (χ3n) is 4.49. The normalized spacial score (nSPS) is 14.8. The lowest BCUT2D eigenvalue weighted by molar-refractivity contribution is -0.384. The van der Waals surface area contributed by atoms with Crippen molar-refractivity contribution in [2.45, 2.75) is 6.42 Å². The number of amides is 1. The van der Waals surface area contributed by atoms with E-state index in [2.05, 4.69) is 15.1 Å². The summed E-state index contributed by atoms with van der Waals surface area (Å²) < 4.78 is 0. The first-order valence-electron chi connectivity index (χ1n) is 8.68. The van der Waals surface area contributed by atoms with Crippen LogP contribution in [-0.4, -0.2) is 48.5 Å². The molecule has 1 N–H and O–H groups in total. The van der Waals surface area contributed by atoms with E-state index in [0.717, 1.165) is 37.6 Å². The maximum atomic E-state index is 12.0. The third kappa shape index (κ3) is 4.80. The summed E-state index contributed by atoms with van der Waals surface area (Å²) in [6.45, 7) is 3.97. The molecule has 0 atom stereocenters. The molecule has 2 aromatic rings. The maximum absolute atomic E-state index is 12.0. The van der Waals surface area contributed by atoms with Gasteiger partial charge >= 0.3 is 0 Å². The van der Waals surface area contributed by atoms with Crippen LogP contribution in [0.3, 0.4) is 0 Å². The zero-order valence-electron chi connectivity index (χ0n) is 14.5. The average Bonchev–Trinajstić information content (AvgIpc) is 2.68. The van der Waals surface area contributed by atoms with Crippen LogP contribution in [0.1, 0.15) is 6.42 Å². The number of non-ortho nitro benzene ring substituents is 1. The molecule has 1 fully saturated rings. The van der Waals surface area contributed by atoms with Gasteiger partial charge in [0.15, 0.2) is 0 Å². The van der Waals surface area contributed by atoms with Gasteiger partial charge in [-0.05, 0) is 18.2 Å². The highest BCUT2D eigenvalue weighted by molar-refractivity contribution is 5.90. The molecule has 0 radical (unpaired) electrons.